The first-order valence-corrected chi connectivity index (χ1v) is 7.96. The Morgan fingerprint density at radius 3 is 2.29 bits per heavy atom. The van der Waals surface area contributed by atoms with E-state index in [0.29, 0.717) is 10.4 Å². The monoisotopic (exact) mass is 356 g/mol. The highest BCUT2D eigenvalue weighted by Gasteiger charge is 2.27. The lowest BCUT2D eigenvalue weighted by Gasteiger charge is -2.09. The predicted octanol–water partition coefficient (Wildman–Crippen LogP) is 1.44. The largest absolute Gasteiger partial charge is 0.462 e. The number of esters is 2. The maximum absolute atomic E-state index is 12.2. The topological polar surface area (TPSA) is 102 Å². The lowest BCUT2D eigenvalue weighted by molar-refractivity contribution is -0.144. The average molecular weight is 356 g/mol. The molecule has 0 radical (unpaired) electrons. The molecule has 0 unspecified atom stereocenters. The van der Waals surface area contributed by atoms with Crippen LogP contribution in [0.15, 0.2) is 0 Å². The van der Waals surface area contributed by atoms with Gasteiger partial charge in [-0.1, -0.05) is 0 Å². The average Bonchev–Trinajstić information content (AvgIpc) is 2.80. The molecule has 0 aliphatic carbocycles. The van der Waals surface area contributed by atoms with Crippen molar-refractivity contribution < 1.29 is 28.7 Å². The number of amides is 2. The summed E-state index contributed by atoms with van der Waals surface area (Å²) in [6, 6.07) is 0. The van der Waals surface area contributed by atoms with Gasteiger partial charge in [-0.2, -0.15) is 0 Å². The van der Waals surface area contributed by atoms with Crippen molar-refractivity contribution in [1.29, 1.82) is 0 Å². The van der Waals surface area contributed by atoms with Crippen LogP contribution in [-0.4, -0.2) is 56.0 Å². The molecule has 1 rings (SSSR count). The Hall–Kier alpha value is -2.42. The third-order valence-corrected chi connectivity index (χ3v) is 4.08. The normalized spacial score (nSPS) is 10.0. The van der Waals surface area contributed by atoms with Gasteiger partial charge in [-0.25, -0.2) is 4.79 Å². The van der Waals surface area contributed by atoms with Crippen LogP contribution in [0.4, 0.5) is 5.00 Å². The summed E-state index contributed by atoms with van der Waals surface area (Å²) in [6.07, 6.45) is 0. The molecule has 0 aliphatic rings. The summed E-state index contributed by atoms with van der Waals surface area (Å²) >= 11 is 0.975. The number of carbonyl (C=O) groups excluding carboxylic acids is 4. The van der Waals surface area contributed by atoms with Crippen molar-refractivity contribution >= 4 is 40.1 Å². The number of carbonyl (C=O) groups is 4. The lowest BCUT2D eigenvalue weighted by Crippen LogP contribution is -2.21. The summed E-state index contributed by atoms with van der Waals surface area (Å²) in [5.74, 6) is -2.13. The Balaban J connectivity index is 3.18. The fourth-order valence-electron chi connectivity index (χ4n) is 1.79. The number of hydrogen-bond acceptors (Lipinski definition) is 7. The second-order valence-corrected chi connectivity index (χ2v) is 6.03. The van der Waals surface area contributed by atoms with Crippen molar-refractivity contribution in [3.05, 3.63) is 16.0 Å². The van der Waals surface area contributed by atoms with Crippen LogP contribution in [0.25, 0.3) is 0 Å². The molecule has 0 fully saturated rings. The Bertz CT molecular complexity index is 665. The van der Waals surface area contributed by atoms with E-state index in [9.17, 15) is 19.2 Å². The van der Waals surface area contributed by atoms with Gasteiger partial charge in [0, 0.05) is 21.0 Å². The molecule has 24 heavy (non-hydrogen) atoms. The molecule has 2 amide bonds. The number of nitrogens with zero attached hydrogens (tertiary/aromatic N) is 1. The van der Waals surface area contributed by atoms with Crippen molar-refractivity contribution in [1.82, 2.24) is 4.90 Å². The number of nitrogens with one attached hydrogen (secondary N) is 1. The molecular formula is C15H20N2O6S. The van der Waals surface area contributed by atoms with Crippen LogP contribution in [0.3, 0.4) is 0 Å². The second-order valence-electron chi connectivity index (χ2n) is 5.01. The van der Waals surface area contributed by atoms with Gasteiger partial charge < -0.3 is 19.7 Å². The Morgan fingerprint density at radius 1 is 1.17 bits per heavy atom. The highest BCUT2D eigenvalue weighted by atomic mass is 32.1. The van der Waals surface area contributed by atoms with Gasteiger partial charge in [-0.05, 0) is 19.4 Å². The van der Waals surface area contributed by atoms with Gasteiger partial charge >= 0.3 is 11.9 Å². The maximum atomic E-state index is 12.2. The van der Waals surface area contributed by atoms with Crippen LogP contribution in [0.5, 0.6) is 0 Å². The zero-order valence-electron chi connectivity index (χ0n) is 14.2. The summed E-state index contributed by atoms with van der Waals surface area (Å²) in [5, 5.41) is 2.68. The van der Waals surface area contributed by atoms with Gasteiger partial charge in [0.15, 0.2) is 6.61 Å². The molecular weight excluding hydrogens is 336 g/mol. The minimum Gasteiger partial charge on any atom is -0.462 e. The smallest absolute Gasteiger partial charge is 0.341 e. The van der Waals surface area contributed by atoms with Crippen molar-refractivity contribution in [3.63, 3.8) is 0 Å². The fraction of sp³-hybridized carbons (Fsp3) is 0.467. The van der Waals surface area contributed by atoms with Crippen LogP contribution in [0.1, 0.15) is 39.4 Å². The molecule has 132 valence electrons. The molecule has 0 aromatic carbocycles. The molecule has 1 aromatic rings. The van der Waals surface area contributed by atoms with Crippen LogP contribution in [-0.2, 0) is 19.1 Å². The molecule has 1 heterocycles. The quantitative estimate of drug-likeness (QED) is 0.774. The Morgan fingerprint density at radius 2 is 1.79 bits per heavy atom. The molecule has 1 N–H and O–H groups in total. The van der Waals surface area contributed by atoms with E-state index in [1.165, 1.54) is 11.8 Å². The molecule has 0 aliphatic heterocycles. The minimum absolute atomic E-state index is 0.128. The van der Waals surface area contributed by atoms with Crippen molar-refractivity contribution in [2.45, 2.75) is 20.8 Å². The molecule has 8 nitrogen and oxygen atoms in total. The van der Waals surface area contributed by atoms with Crippen molar-refractivity contribution in [2.24, 2.45) is 0 Å². The van der Waals surface area contributed by atoms with Gasteiger partial charge in [0.1, 0.15) is 5.00 Å². The molecule has 0 spiro atoms. The Kier molecular flexibility index (Phi) is 6.90. The van der Waals surface area contributed by atoms with E-state index >= 15 is 0 Å². The van der Waals surface area contributed by atoms with Crippen LogP contribution < -0.4 is 5.32 Å². The first-order chi connectivity index (χ1) is 11.2. The zero-order valence-corrected chi connectivity index (χ0v) is 15.0. The van der Waals surface area contributed by atoms with Crippen molar-refractivity contribution in [3.8, 4) is 0 Å². The maximum Gasteiger partial charge on any atom is 0.341 e. The molecule has 0 saturated heterocycles. The predicted molar refractivity (Wildman–Crippen MR) is 88.3 cm³/mol. The first kappa shape index (κ1) is 19.6. The molecule has 1 aromatic heterocycles. The summed E-state index contributed by atoms with van der Waals surface area (Å²) in [5.41, 5.74) is 0.558. The molecule has 9 heteroatoms. The van der Waals surface area contributed by atoms with E-state index in [0.717, 1.165) is 11.3 Å². The van der Waals surface area contributed by atoms with Gasteiger partial charge in [0.25, 0.3) is 11.8 Å². The molecule has 0 bridgehead atoms. The summed E-state index contributed by atoms with van der Waals surface area (Å²) in [7, 11) is 3.18. The van der Waals surface area contributed by atoms with Crippen molar-refractivity contribution in [2.75, 3.05) is 32.6 Å². The van der Waals surface area contributed by atoms with Gasteiger partial charge in [0.05, 0.1) is 17.0 Å². The van der Waals surface area contributed by atoms with E-state index in [-0.39, 0.29) is 23.1 Å². The van der Waals surface area contributed by atoms with Gasteiger partial charge in [-0.3, -0.25) is 14.4 Å². The number of ether oxygens (including phenoxy) is 2. The highest BCUT2D eigenvalue weighted by Crippen LogP contribution is 2.34. The van der Waals surface area contributed by atoms with E-state index < -0.39 is 24.5 Å². The van der Waals surface area contributed by atoms with E-state index in [1.807, 2.05) is 0 Å². The van der Waals surface area contributed by atoms with Crippen LogP contribution >= 0.6 is 11.3 Å². The number of thiophene rings is 1. The number of anilines is 1. The van der Waals surface area contributed by atoms with Gasteiger partial charge in [0.2, 0.25) is 0 Å². The first-order valence-electron chi connectivity index (χ1n) is 7.14. The van der Waals surface area contributed by atoms with Crippen LogP contribution in [0, 0.1) is 6.92 Å². The van der Waals surface area contributed by atoms with E-state index in [4.69, 9.17) is 4.74 Å². The molecule has 0 atom stereocenters. The standard InChI is InChI=1S/C15H20N2O6S/c1-6-22-15(21)11-8(2)12(14(20)17(4)5)24-13(11)16-10(19)7-23-9(3)18/h6-7H2,1-5H3,(H,16,19). The minimum atomic E-state index is -0.633. The lowest BCUT2D eigenvalue weighted by atomic mass is 10.1. The Labute approximate surface area is 143 Å². The SMILES string of the molecule is CCOC(=O)c1c(NC(=O)COC(C)=O)sc(C(=O)N(C)C)c1C. The number of hydrogen-bond donors (Lipinski definition) is 1. The second kappa shape index (κ2) is 8.44. The third kappa shape index (κ3) is 4.79. The third-order valence-electron chi connectivity index (χ3n) is 2.89. The molecule has 0 saturated carbocycles. The highest BCUT2D eigenvalue weighted by molar-refractivity contribution is 7.18. The van der Waals surface area contributed by atoms with E-state index in [2.05, 4.69) is 10.1 Å². The number of rotatable bonds is 6. The van der Waals surface area contributed by atoms with Gasteiger partial charge in [-0.15, -0.1) is 11.3 Å². The summed E-state index contributed by atoms with van der Waals surface area (Å²) < 4.78 is 9.60. The summed E-state index contributed by atoms with van der Waals surface area (Å²) in [6.45, 7) is 4.13. The zero-order chi connectivity index (χ0) is 18.4. The van der Waals surface area contributed by atoms with Crippen LogP contribution in [0.2, 0.25) is 0 Å². The summed E-state index contributed by atoms with van der Waals surface area (Å²) in [4.78, 5) is 48.7. The fourth-order valence-corrected chi connectivity index (χ4v) is 3.02. The van der Waals surface area contributed by atoms with E-state index in [1.54, 1.807) is 27.9 Å².